The molecular weight excluding hydrogens is 160 g/mol. The summed E-state index contributed by atoms with van der Waals surface area (Å²) in [6.45, 7) is 5.88. The minimum Gasteiger partial charge on any atom is -0.376 e. The monoisotopic (exact) mass is 176 g/mol. The number of methoxy groups -OCH3 is 1. The van der Waals surface area contributed by atoms with E-state index < -0.39 is 0 Å². The molecule has 0 aromatic heterocycles. The van der Waals surface area contributed by atoms with Gasteiger partial charge in [0.05, 0.1) is 6.10 Å². The molecule has 0 aliphatic heterocycles. The minimum atomic E-state index is 0.124. The Morgan fingerprint density at radius 3 is 2.38 bits per heavy atom. The highest BCUT2D eigenvalue weighted by Crippen LogP contribution is 2.25. The molecule has 0 saturated carbocycles. The van der Waals surface area contributed by atoms with Gasteiger partial charge in [-0.15, -0.1) is 6.58 Å². The van der Waals surface area contributed by atoms with Gasteiger partial charge >= 0.3 is 0 Å². The highest BCUT2D eigenvalue weighted by molar-refractivity contribution is 5.19. The molecule has 0 N–H and O–H groups in total. The molecule has 0 bridgehead atoms. The molecule has 2 unspecified atom stereocenters. The van der Waals surface area contributed by atoms with Gasteiger partial charge in [0, 0.05) is 13.0 Å². The molecule has 0 spiro atoms. The quantitative estimate of drug-likeness (QED) is 0.640. The molecule has 1 rings (SSSR count). The molecule has 0 amide bonds. The fourth-order valence-corrected chi connectivity index (χ4v) is 1.42. The third-order valence-corrected chi connectivity index (χ3v) is 2.23. The molecule has 1 nitrogen and oxygen atoms in total. The van der Waals surface area contributed by atoms with Gasteiger partial charge in [0.2, 0.25) is 0 Å². The fraction of sp³-hybridized carbons (Fsp3) is 0.333. The van der Waals surface area contributed by atoms with Crippen LogP contribution in [0.3, 0.4) is 0 Å². The first-order valence-electron chi connectivity index (χ1n) is 4.50. The summed E-state index contributed by atoms with van der Waals surface area (Å²) in [6, 6.07) is 10.2. The van der Waals surface area contributed by atoms with Crippen molar-refractivity contribution < 1.29 is 4.74 Å². The van der Waals surface area contributed by atoms with E-state index in [-0.39, 0.29) is 6.10 Å². The van der Waals surface area contributed by atoms with Crippen LogP contribution < -0.4 is 0 Å². The van der Waals surface area contributed by atoms with E-state index in [1.54, 1.807) is 7.11 Å². The topological polar surface area (TPSA) is 9.23 Å². The van der Waals surface area contributed by atoms with Gasteiger partial charge in [-0.25, -0.2) is 0 Å². The van der Waals surface area contributed by atoms with E-state index in [1.807, 2.05) is 24.3 Å². The van der Waals surface area contributed by atoms with E-state index in [2.05, 4.69) is 25.6 Å². The average Bonchev–Trinajstić information content (AvgIpc) is 2.20. The molecule has 1 heteroatoms. The van der Waals surface area contributed by atoms with E-state index in [9.17, 15) is 0 Å². The zero-order valence-corrected chi connectivity index (χ0v) is 8.23. The van der Waals surface area contributed by atoms with Crippen LogP contribution in [0.25, 0.3) is 0 Å². The predicted octanol–water partition coefficient (Wildman–Crippen LogP) is 3.20. The van der Waals surface area contributed by atoms with Gasteiger partial charge in [0.15, 0.2) is 0 Å². The zero-order chi connectivity index (χ0) is 9.68. The lowest BCUT2D eigenvalue weighted by Crippen LogP contribution is -2.09. The van der Waals surface area contributed by atoms with Crippen LogP contribution in [0.5, 0.6) is 0 Å². The normalized spacial score (nSPS) is 14.9. The first-order chi connectivity index (χ1) is 6.29. The van der Waals surface area contributed by atoms with Gasteiger partial charge in [-0.05, 0) is 5.56 Å². The standard InChI is InChI=1S/C12H16O/c1-4-10(2)12(13-3)11-8-6-5-7-9-11/h4-10,12H,1H2,2-3H3. The first kappa shape index (κ1) is 10.0. The van der Waals surface area contributed by atoms with Crippen LogP contribution in [0.2, 0.25) is 0 Å². The Balaban J connectivity index is 2.84. The summed E-state index contributed by atoms with van der Waals surface area (Å²) in [6.07, 6.45) is 2.04. The van der Waals surface area contributed by atoms with Crippen LogP contribution in [0.1, 0.15) is 18.6 Å². The average molecular weight is 176 g/mol. The molecule has 0 heterocycles. The zero-order valence-electron chi connectivity index (χ0n) is 8.23. The van der Waals surface area contributed by atoms with Crippen molar-refractivity contribution in [1.29, 1.82) is 0 Å². The van der Waals surface area contributed by atoms with Crippen LogP contribution in [0.4, 0.5) is 0 Å². The number of ether oxygens (including phenoxy) is 1. The molecule has 1 aromatic rings. The molecule has 0 fully saturated rings. The molecule has 0 aliphatic rings. The summed E-state index contributed by atoms with van der Waals surface area (Å²) in [7, 11) is 1.73. The van der Waals surface area contributed by atoms with Crippen molar-refractivity contribution in [2.75, 3.05) is 7.11 Å². The summed E-state index contributed by atoms with van der Waals surface area (Å²) < 4.78 is 5.42. The summed E-state index contributed by atoms with van der Waals surface area (Å²) >= 11 is 0. The molecule has 0 aliphatic carbocycles. The van der Waals surface area contributed by atoms with Crippen molar-refractivity contribution in [2.45, 2.75) is 13.0 Å². The van der Waals surface area contributed by atoms with Gasteiger partial charge in [0.1, 0.15) is 0 Å². The first-order valence-corrected chi connectivity index (χ1v) is 4.50. The van der Waals surface area contributed by atoms with Gasteiger partial charge in [-0.1, -0.05) is 43.3 Å². The van der Waals surface area contributed by atoms with Crippen molar-refractivity contribution in [3.8, 4) is 0 Å². The SMILES string of the molecule is C=CC(C)C(OC)c1ccccc1. The molecule has 13 heavy (non-hydrogen) atoms. The van der Waals surface area contributed by atoms with E-state index >= 15 is 0 Å². The Kier molecular flexibility index (Phi) is 3.71. The van der Waals surface area contributed by atoms with Crippen molar-refractivity contribution >= 4 is 0 Å². The third-order valence-electron chi connectivity index (χ3n) is 2.23. The minimum absolute atomic E-state index is 0.124. The number of rotatable bonds is 4. The van der Waals surface area contributed by atoms with E-state index in [4.69, 9.17) is 4.74 Å². The van der Waals surface area contributed by atoms with Crippen LogP contribution in [-0.2, 0) is 4.74 Å². The van der Waals surface area contributed by atoms with Gasteiger partial charge in [0.25, 0.3) is 0 Å². The van der Waals surface area contributed by atoms with Gasteiger partial charge in [-0.3, -0.25) is 0 Å². The Labute approximate surface area is 80.0 Å². The third kappa shape index (κ3) is 2.43. The van der Waals surface area contributed by atoms with Crippen LogP contribution in [-0.4, -0.2) is 7.11 Å². The smallest absolute Gasteiger partial charge is 0.0880 e. The van der Waals surface area contributed by atoms with E-state index in [0.29, 0.717) is 5.92 Å². The number of benzene rings is 1. The summed E-state index contributed by atoms with van der Waals surface area (Å²) in [4.78, 5) is 0. The Hall–Kier alpha value is -1.08. The Morgan fingerprint density at radius 1 is 1.31 bits per heavy atom. The number of hydrogen-bond donors (Lipinski definition) is 0. The molecule has 0 saturated heterocycles. The summed E-state index contributed by atoms with van der Waals surface area (Å²) in [5.74, 6) is 0.340. The predicted molar refractivity (Wildman–Crippen MR) is 55.6 cm³/mol. The lowest BCUT2D eigenvalue weighted by Gasteiger charge is -2.19. The van der Waals surface area contributed by atoms with Crippen molar-refractivity contribution in [2.24, 2.45) is 5.92 Å². The second-order valence-electron chi connectivity index (χ2n) is 3.16. The van der Waals surface area contributed by atoms with Gasteiger partial charge < -0.3 is 4.74 Å². The summed E-state index contributed by atoms with van der Waals surface area (Å²) in [5, 5.41) is 0. The Morgan fingerprint density at radius 2 is 1.92 bits per heavy atom. The highest BCUT2D eigenvalue weighted by atomic mass is 16.5. The molecule has 70 valence electrons. The van der Waals surface area contributed by atoms with Gasteiger partial charge in [-0.2, -0.15) is 0 Å². The Bertz CT molecular complexity index is 253. The van der Waals surface area contributed by atoms with E-state index in [0.717, 1.165) is 0 Å². The van der Waals surface area contributed by atoms with Crippen LogP contribution >= 0.6 is 0 Å². The maximum atomic E-state index is 5.42. The maximum absolute atomic E-state index is 5.42. The second-order valence-corrected chi connectivity index (χ2v) is 3.16. The van der Waals surface area contributed by atoms with Crippen LogP contribution in [0, 0.1) is 5.92 Å². The number of hydrogen-bond acceptors (Lipinski definition) is 1. The van der Waals surface area contributed by atoms with Crippen molar-refractivity contribution in [3.05, 3.63) is 48.6 Å². The largest absolute Gasteiger partial charge is 0.376 e. The molecule has 1 aromatic carbocycles. The van der Waals surface area contributed by atoms with Crippen molar-refractivity contribution in [1.82, 2.24) is 0 Å². The molecule has 0 radical (unpaired) electrons. The fourth-order valence-electron chi connectivity index (χ4n) is 1.42. The lowest BCUT2D eigenvalue weighted by atomic mass is 9.97. The summed E-state index contributed by atoms with van der Waals surface area (Å²) in [5.41, 5.74) is 1.21. The highest BCUT2D eigenvalue weighted by Gasteiger charge is 2.14. The lowest BCUT2D eigenvalue weighted by molar-refractivity contribution is 0.0743. The van der Waals surface area contributed by atoms with Crippen LogP contribution in [0.15, 0.2) is 43.0 Å². The maximum Gasteiger partial charge on any atom is 0.0880 e. The molecular formula is C12H16O. The molecule has 2 atom stereocenters. The van der Waals surface area contributed by atoms with E-state index in [1.165, 1.54) is 5.56 Å². The second kappa shape index (κ2) is 4.83. The van der Waals surface area contributed by atoms with Crippen molar-refractivity contribution in [3.63, 3.8) is 0 Å².